The second kappa shape index (κ2) is 6.66. The van der Waals surface area contributed by atoms with Gasteiger partial charge in [-0.15, -0.1) is 10.2 Å². The van der Waals surface area contributed by atoms with Crippen molar-refractivity contribution >= 4 is 23.4 Å². The number of anilines is 1. The molecule has 0 aliphatic carbocycles. The number of furan rings is 1. The first-order chi connectivity index (χ1) is 11.1. The Labute approximate surface area is 135 Å². The Kier molecular flexibility index (Phi) is 4.42. The molecule has 8 heteroatoms. The predicted octanol–water partition coefficient (Wildman–Crippen LogP) is 3.51. The van der Waals surface area contributed by atoms with Gasteiger partial charge in [-0.05, 0) is 37.3 Å². The average Bonchev–Trinajstić information content (AvgIpc) is 3.16. The Morgan fingerprint density at radius 1 is 1.26 bits per heavy atom. The number of aromatic nitrogens is 2. The second-order valence-electron chi connectivity index (χ2n) is 4.61. The maximum atomic E-state index is 12.8. The van der Waals surface area contributed by atoms with Gasteiger partial charge in [-0.25, -0.2) is 4.39 Å². The molecule has 118 valence electrons. The molecule has 3 aromatic rings. The van der Waals surface area contributed by atoms with Gasteiger partial charge in [0.05, 0.1) is 17.6 Å². The third kappa shape index (κ3) is 3.78. The molecule has 0 atom stereocenters. The van der Waals surface area contributed by atoms with Crippen LogP contribution in [0.3, 0.4) is 0 Å². The molecule has 3 rings (SSSR count). The lowest BCUT2D eigenvalue weighted by molar-refractivity contribution is -0.113. The quantitative estimate of drug-likeness (QED) is 0.720. The summed E-state index contributed by atoms with van der Waals surface area (Å²) >= 11 is 1.12. The standard InChI is InChI=1S/C15H12FN3O3S/c1-9-12(6-7-21-9)14-18-19-15(22-14)23-8-13(20)17-11-4-2-10(16)3-5-11/h2-7H,8H2,1H3,(H,17,20). The second-order valence-corrected chi connectivity index (χ2v) is 5.53. The molecular formula is C15H12FN3O3S. The molecule has 0 saturated carbocycles. The van der Waals surface area contributed by atoms with Crippen molar-refractivity contribution in [2.45, 2.75) is 12.1 Å². The van der Waals surface area contributed by atoms with Crippen LogP contribution < -0.4 is 5.32 Å². The van der Waals surface area contributed by atoms with Crippen LogP contribution in [0.4, 0.5) is 10.1 Å². The molecule has 6 nitrogen and oxygen atoms in total. The van der Waals surface area contributed by atoms with Crippen LogP contribution in [0.15, 0.2) is 50.7 Å². The Balaban J connectivity index is 1.56. The average molecular weight is 333 g/mol. The minimum atomic E-state index is -0.356. The van der Waals surface area contributed by atoms with Gasteiger partial charge >= 0.3 is 0 Å². The number of hydrogen-bond acceptors (Lipinski definition) is 6. The Morgan fingerprint density at radius 3 is 2.74 bits per heavy atom. The predicted molar refractivity (Wildman–Crippen MR) is 82.5 cm³/mol. The summed E-state index contributed by atoms with van der Waals surface area (Å²) in [6.07, 6.45) is 1.54. The van der Waals surface area contributed by atoms with E-state index in [1.165, 1.54) is 30.5 Å². The van der Waals surface area contributed by atoms with Crippen LogP contribution >= 0.6 is 11.8 Å². The van der Waals surface area contributed by atoms with Crippen LogP contribution in [0.25, 0.3) is 11.5 Å². The molecular weight excluding hydrogens is 321 g/mol. The number of carbonyl (C=O) groups is 1. The molecule has 0 radical (unpaired) electrons. The smallest absolute Gasteiger partial charge is 0.277 e. The summed E-state index contributed by atoms with van der Waals surface area (Å²) in [5.74, 6) is 0.520. The minimum absolute atomic E-state index is 0.101. The number of amides is 1. The lowest BCUT2D eigenvalue weighted by atomic mass is 10.3. The fourth-order valence-corrected chi connectivity index (χ4v) is 2.40. The van der Waals surface area contributed by atoms with E-state index in [0.717, 1.165) is 17.3 Å². The van der Waals surface area contributed by atoms with E-state index >= 15 is 0 Å². The van der Waals surface area contributed by atoms with Crippen molar-refractivity contribution in [1.82, 2.24) is 10.2 Å². The summed E-state index contributed by atoms with van der Waals surface area (Å²) in [7, 11) is 0. The molecule has 0 fully saturated rings. The summed E-state index contributed by atoms with van der Waals surface area (Å²) in [5.41, 5.74) is 1.25. The van der Waals surface area contributed by atoms with Crippen LogP contribution in [0.2, 0.25) is 0 Å². The molecule has 1 amide bonds. The minimum Gasteiger partial charge on any atom is -0.469 e. The fourth-order valence-electron chi connectivity index (χ4n) is 1.84. The number of aryl methyl sites for hydroxylation is 1. The number of hydrogen-bond donors (Lipinski definition) is 1. The highest BCUT2D eigenvalue weighted by Gasteiger charge is 2.14. The molecule has 2 heterocycles. The molecule has 2 aromatic heterocycles. The van der Waals surface area contributed by atoms with Crippen molar-refractivity contribution in [3.8, 4) is 11.5 Å². The van der Waals surface area contributed by atoms with E-state index < -0.39 is 0 Å². The van der Waals surface area contributed by atoms with Crippen molar-refractivity contribution in [2.24, 2.45) is 0 Å². The van der Waals surface area contributed by atoms with E-state index in [1.807, 2.05) is 0 Å². The van der Waals surface area contributed by atoms with Gasteiger partial charge in [-0.2, -0.15) is 0 Å². The Bertz CT molecular complexity index is 813. The van der Waals surface area contributed by atoms with Gasteiger partial charge in [0.15, 0.2) is 0 Å². The SMILES string of the molecule is Cc1occc1-c1nnc(SCC(=O)Nc2ccc(F)cc2)o1. The summed E-state index contributed by atoms with van der Waals surface area (Å²) in [4.78, 5) is 11.8. The van der Waals surface area contributed by atoms with Crippen LogP contribution in [0.1, 0.15) is 5.76 Å². The topological polar surface area (TPSA) is 81.2 Å². The van der Waals surface area contributed by atoms with Crippen LogP contribution in [-0.4, -0.2) is 21.9 Å². The largest absolute Gasteiger partial charge is 0.469 e. The molecule has 23 heavy (non-hydrogen) atoms. The number of nitrogens with zero attached hydrogens (tertiary/aromatic N) is 2. The number of halogens is 1. The van der Waals surface area contributed by atoms with Crippen LogP contribution in [0.5, 0.6) is 0 Å². The number of benzene rings is 1. The zero-order chi connectivity index (χ0) is 16.2. The maximum absolute atomic E-state index is 12.8. The number of carbonyl (C=O) groups excluding carboxylic acids is 1. The first-order valence-corrected chi connectivity index (χ1v) is 7.66. The lowest BCUT2D eigenvalue weighted by Crippen LogP contribution is -2.13. The number of rotatable bonds is 5. The third-order valence-corrected chi connectivity index (χ3v) is 3.77. The molecule has 1 aromatic carbocycles. The van der Waals surface area contributed by atoms with Crippen molar-refractivity contribution in [3.05, 3.63) is 48.2 Å². The highest BCUT2D eigenvalue weighted by molar-refractivity contribution is 7.99. The summed E-state index contributed by atoms with van der Waals surface area (Å²) in [6, 6.07) is 7.27. The Morgan fingerprint density at radius 2 is 2.04 bits per heavy atom. The van der Waals surface area contributed by atoms with Gasteiger partial charge in [0.25, 0.3) is 11.1 Å². The normalized spacial score (nSPS) is 10.7. The van der Waals surface area contributed by atoms with Gasteiger partial charge in [-0.1, -0.05) is 11.8 Å². The van der Waals surface area contributed by atoms with E-state index in [4.69, 9.17) is 8.83 Å². The summed E-state index contributed by atoms with van der Waals surface area (Å²) < 4.78 is 23.4. The zero-order valence-electron chi connectivity index (χ0n) is 12.1. The first-order valence-electron chi connectivity index (χ1n) is 6.68. The highest BCUT2D eigenvalue weighted by atomic mass is 32.2. The van der Waals surface area contributed by atoms with E-state index in [-0.39, 0.29) is 22.7 Å². The molecule has 0 aliphatic rings. The molecule has 1 N–H and O–H groups in total. The summed E-state index contributed by atoms with van der Waals surface area (Å²) in [6.45, 7) is 1.79. The molecule has 0 unspecified atom stereocenters. The Hall–Kier alpha value is -2.61. The monoisotopic (exact) mass is 333 g/mol. The van der Waals surface area contributed by atoms with Crippen molar-refractivity contribution in [2.75, 3.05) is 11.1 Å². The van der Waals surface area contributed by atoms with E-state index in [0.29, 0.717) is 17.3 Å². The van der Waals surface area contributed by atoms with Gasteiger partial charge in [0, 0.05) is 5.69 Å². The molecule has 0 saturated heterocycles. The van der Waals surface area contributed by atoms with Crippen molar-refractivity contribution < 1.29 is 18.0 Å². The van der Waals surface area contributed by atoms with E-state index in [9.17, 15) is 9.18 Å². The maximum Gasteiger partial charge on any atom is 0.277 e. The van der Waals surface area contributed by atoms with Crippen molar-refractivity contribution in [1.29, 1.82) is 0 Å². The number of thioether (sulfide) groups is 1. The van der Waals surface area contributed by atoms with Gasteiger partial charge < -0.3 is 14.2 Å². The van der Waals surface area contributed by atoms with Gasteiger partial charge in [0.1, 0.15) is 11.6 Å². The van der Waals surface area contributed by atoms with E-state index in [2.05, 4.69) is 15.5 Å². The zero-order valence-corrected chi connectivity index (χ0v) is 12.9. The van der Waals surface area contributed by atoms with Gasteiger partial charge in [0.2, 0.25) is 5.91 Å². The van der Waals surface area contributed by atoms with E-state index in [1.54, 1.807) is 13.0 Å². The fraction of sp³-hybridized carbons (Fsp3) is 0.133. The van der Waals surface area contributed by atoms with Crippen molar-refractivity contribution in [3.63, 3.8) is 0 Å². The molecule has 0 bridgehead atoms. The summed E-state index contributed by atoms with van der Waals surface area (Å²) in [5, 5.41) is 10.7. The lowest BCUT2D eigenvalue weighted by Gasteiger charge is -2.03. The van der Waals surface area contributed by atoms with Gasteiger partial charge in [-0.3, -0.25) is 4.79 Å². The third-order valence-electron chi connectivity index (χ3n) is 2.95. The first kappa shape index (κ1) is 15.3. The van der Waals surface area contributed by atoms with Crippen LogP contribution in [-0.2, 0) is 4.79 Å². The number of nitrogens with one attached hydrogen (secondary N) is 1. The van der Waals surface area contributed by atoms with Crippen LogP contribution in [0, 0.1) is 12.7 Å². The highest BCUT2D eigenvalue weighted by Crippen LogP contribution is 2.26. The molecule has 0 spiro atoms. The molecule has 0 aliphatic heterocycles.